The first-order valence-corrected chi connectivity index (χ1v) is 8.75. The van der Waals surface area contributed by atoms with Crippen LogP contribution in [0.3, 0.4) is 0 Å². The van der Waals surface area contributed by atoms with Gasteiger partial charge in [-0.3, -0.25) is 9.79 Å². The molecular weight excluding hydrogens is 431 g/mol. The highest BCUT2D eigenvalue weighted by atomic mass is 127. The summed E-state index contributed by atoms with van der Waals surface area (Å²) < 4.78 is 5.87. The largest absolute Gasteiger partial charge is 0.373 e. The number of benzene rings is 1. The van der Waals surface area contributed by atoms with Crippen molar-refractivity contribution in [1.29, 1.82) is 0 Å². The second-order valence-electron chi connectivity index (χ2n) is 6.71. The number of guanidine groups is 1. The lowest BCUT2D eigenvalue weighted by molar-refractivity contribution is -0.117. The quantitative estimate of drug-likeness (QED) is 0.411. The molecule has 1 aromatic carbocycles. The monoisotopic (exact) mass is 456 g/mol. The molecule has 0 aliphatic carbocycles. The predicted octanol–water partition coefficient (Wildman–Crippen LogP) is 1.68. The van der Waals surface area contributed by atoms with E-state index < -0.39 is 0 Å². The third-order valence-electron chi connectivity index (χ3n) is 5.20. The number of nitrogens with one attached hydrogen (secondary N) is 2. The van der Waals surface area contributed by atoms with Gasteiger partial charge in [0.2, 0.25) is 5.91 Å². The molecule has 2 saturated heterocycles. The number of anilines is 1. The maximum absolute atomic E-state index is 12.2. The van der Waals surface area contributed by atoms with E-state index in [9.17, 15) is 4.79 Å². The van der Waals surface area contributed by atoms with Crippen LogP contribution in [0.2, 0.25) is 0 Å². The molecule has 2 fully saturated rings. The molecule has 3 heterocycles. The molecule has 136 valence electrons. The Bertz CT molecular complexity index is 666. The normalized spacial score (nSPS) is 27.2. The first-order valence-electron chi connectivity index (χ1n) is 8.75. The minimum absolute atomic E-state index is 0. The molecule has 25 heavy (non-hydrogen) atoms. The van der Waals surface area contributed by atoms with Crippen LogP contribution in [-0.2, 0) is 16.0 Å². The van der Waals surface area contributed by atoms with Crippen molar-refractivity contribution in [2.75, 3.05) is 25.0 Å². The van der Waals surface area contributed by atoms with Gasteiger partial charge in [0.1, 0.15) is 0 Å². The molecular formula is C18H25IN4O2. The first-order chi connectivity index (χ1) is 11.7. The van der Waals surface area contributed by atoms with Crippen LogP contribution >= 0.6 is 24.0 Å². The van der Waals surface area contributed by atoms with Crippen molar-refractivity contribution >= 4 is 41.5 Å². The van der Waals surface area contributed by atoms with Gasteiger partial charge in [0.25, 0.3) is 0 Å². The molecule has 6 nitrogen and oxygen atoms in total. The van der Waals surface area contributed by atoms with Crippen molar-refractivity contribution in [2.24, 2.45) is 4.99 Å². The van der Waals surface area contributed by atoms with Crippen LogP contribution in [0, 0.1) is 0 Å². The summed E-state index contributed by atoms with van der Waals surface area (Å²) in [6.07, 6.45) is 4.63. The average molecular weight is 456 g/mol. The standard InChI is InChI=1S/C18H24N4O2.HI/c1-19-18(21-14-11-13-6-7-16(14)24-13)20-8-9-22-15-5-3-2-4-12(15)10-17(22)23;/h2-5,13-14,16H,6-11H2,1H3,(H2,19,20,21);1H. The summed E-state index contributed by atoms with van der Waals surface area (Å²) in [6.45, 7) is 1.31. The molecule has 0 radical (unpaired) electrons. The molecule has 1 amide bonds. The van der Waals surface area contributed by atoms with Crippen LogP contribution in [0.25, 0.3) is 0 Å². The van der Waals surface area contributed by atoms with Crippen molar-refractivity contribution < 1.29 is 9.53 Å². The molecule has 0 aromatic heterocycles. The predicted molar refractivity (Wildman–Crippen MR) is 109 cm³/mol. The third-order valence-corrected chi connectivity index (χ3v) is 5.20. The van der Waals surface area contributed by atoms with Crippen molar-refractivity contribution in [2.45, 2.75) is 43.9 Å². The Morgan fingerprint density at radius 1 is 1.36 bits per heavy atom. The lowest BCUT2D eigenvalue weighted by Crippen LogP contribution is -2.49. The van der Waals surface area contributed by atoms with Crippen LogP contribution in [0.4, 0.5) is 5.69 Å². The minimum Gasteiger partial charge on any atom is -0.373 e. The summed E-state index contributed by atoms with van der Waals surface area (Å²) >= 11 is 0. The fourth-order valence-corrected chi connectivity index (χ4v) is 4.01. The highest BCUT2D eigenvalue weighted by Crippen LogP contribution is 2.34. The zero-order valence-corrected chi connectivity index (χ0v) is 16.7. The smallest absolute Gasteiger partial charge is 0.231 e. The van der Waals surface area contributed by atoms with Gasteiger partial charge in [-0.25, -0.2) is 0 Å². The van der Waals surface area contributed by atoms with Gasteiger partial charge in [-0.1, -0.05) is 18.2 Å². The molecule has 7 heteroatoms. The van der Waals surface area contributed by atoms with Crippen molar-refractivity contribution in [1.82, 2.24) is 10.6 Å². The lowest BCUT2D eigenvalue weighted by Gasteiger charge is -2.23. The van der Waals surface area contributed by atoms with Crippen LogP contribution in [0.5, 0.6) is 0 Å². The molecule has 0 saturated carbocycles. The van der Waals surface area contributed by atoms with E-state index in [1.54, 1.807) is 7.05 Å². The Balaban J connectivity index is 0.00000182. The molecule has 3 aliphatic rings. The molecule has 3 aliphatic heterocycles. The second kappa shape index (κ2) is 7.90. The molecule has 4 rings (SSSR count). The number of hydrogen-bond donors (Lipinski definition) is 2. The van der Waals surface area contributed by atoms with Gasteiger partial charge in [0.05, 0.1) is 24.7 Å². The Labute approximate surface area is 165 Å². The van der Waals surface area contributed by atoms with Crippen LogP contribution in [-0.4, -0.2) is 50.3 Å². The van der Waals surface area contributed by atoms with E-state index in [1.807, 2.05) is 29.2 Å². The highest BCUT2D eigenvalue weighted by molar-refractivity contribution is 14.0. The van der Waals surface area contributed by atoms with E-state index in [0.717, 1.165) is 30.1 Å². The third kappa shape index (κ3) is 3.76. The molecule has 3 atom stereocenters. The molecule has 0 spiro atoms. The number of hydrogen-bond acceptors (Lipinski definition) is 3. The fourth-order valence-electron chi connectivity index (χ4n) is 4.01. The number of rotatable bonds is 4. The average Bonchev–Trinajstić information content (AvgIpc) is 3.28. The number of nitrogens with zero attached hydrogens (tertiary/aromatic N) is 2. The van der Waals surface area contributed by atoms with E-state index >= 15 is 0 Å². The Morgan fingerprint density at radius 3 is 2.92 bits per heavy atom. The minimum atomic E-state index is 0. The molecule has 3 unspecified atom stereocenters. The van der Waals surface area contributed by atoms with Gasteiger partial charge in [-0.05, 0) is 30.9 Å². The highest BCUT2D eigenvalue weighted by Gasteiger charge is 2.41. The van der Waals surface area contributed by atoms with E-state index in [-0.39, 0.29) is 29.9 Å². The zero-order chi connectivity index (χ0) is 16.5. The zero-order valence-electron chi connectivity index (χ0n) is 14.4. The van der Waals surface area contributed by atoms with Gasteiger partial charge < -0.3 is 20.3 Å². The topological polar surface area (TPSA) is 66.0 Å². The number of amides is 1. The Morgan fingerprint density at radius 2 is 2.20 bits per heavy atom. The van der Waals surface area contributed by atoms with Crippen molar-refractivity contribution in [3.63, 3.8) is 0 Å². The maximum atomic E-state index is 12.2. The van der Waals surface area contributed by atoms with E-state index in [4.69, 9.17) is 4.74 Å². The second-order valence-corrected chi connectivity index (χ2v) is 6.71. The summed E-state index contributed by atoms with van der Waals surface area (Å²) in [5, 5.41) is 6.79. The summed E-state index contributed by atoms with van der Waals surface area (Å²) in [5.74, 6) is 0.957. The number of para-hydroxylation sites is 1. The summed E-state index contributed by atoms with van der Waals surface area (Å²) in [7, 11) is 1.78. The van der Waals surface area contributed by atoms with E-state index in [2.05, 4.69) is 15.6 Å². The van der Waals surface area contributed by atoms with Gasteiger partial charge in [0.15, 0.2) is 5.96 Å². The van der Waals surface area contributed by atoms with Crippen LogP contribution < -0.4 is 15.5 Å². The summed E-state index contributed by atoms with van der Waals surface area (Å²) in [6, 6.07) is 8.35. The maximum Gasteiger partial charge on any atom is 0.231 e. The molecule has 2 N–H and O–H groups in total. The van der Waals surface area contributed by atoms with E-state index in [0.29, 0.717) is 37.8 Å². The number of aliphatic imine (C=N–C) groups is 1. The van der Waals surface area contributed by atoms with Gasteiger partial charge in [-0.2, -0.15) is 0 Å². The number of carbonyl (C=O) groups excluding carboxylic acids is 1. The van der Waals surface area contributed by atoms with Crippen molar-refractivity contribution in [3.05, 3.63) is 29.8 Å². The number of ether oxygens (including phenoxy) is 1. The van der Waals surface area contributed by atoms with Gasteiger partial charge in [-0.15, -0.1) is 24.0 Å². The SMILES string of the molecule is CN=C(NCCN1C(=O)Cc2ccccc21)NC1CC2CCC1O2.I. The number of carbonyl (C=O) groups is 1. The Hall–Kier alpha value is -1.35. The van der Waals surface area contributed by atoms with Gasteiger partial charge >= 0.3 is 0 Å². The van der Waals surface area contributed by atoms with Gasteiger partial charge in [0, 0.05) is 25.8 Å². The summed E-state index contributed by atoms with van der Waals surface area (Å²) in [5.41, 5.74) is 2.15. The summed E-state index contributed by atoms with van der Waals surface area (Å²) in [4.78, 5) is 18.3. The molecule has 2 bridgehead atoms. The lowest BCUT2D eigenvalue weighted by atomic mass is 9.96. The molecule has 1 aromatic rings. The fraction of sp³-hybridized carbons (Fsp3) is 0.556. The first kappa shape index (κ1) is 18.4. The number of fused-ring (bicyclic) bond motifs is 3. The van der Waals surface area contributed by atoms with Crippen LogP contribution in [0.1, 0.15) is 24.8 Å². The number of halogens is 1. The van der Waals surface area contributed by atoms with E-state index in [1.165, 1.54) is 6.42 Å². The Kier molecular flexibility index (Phi) is 5.83. The van der Waals surface area contributed by atoms with Crippen molar-refractivity contribution in [3.8, 4) is 0 Å². The van der Waals surface area contributed by atoms with Crippen LogP contribution in [0.15, 0.2) is 29.3 Å².